The smallest absolute Gasteiger partial charge is 0.123 e. The first kappa shape index (κ1) is 15.1. The topological polar surface area (TPSA) is 28.7 Å². The highest BCUT2D eigenvalue weighted by Crippen LogP contribution is 2.37. The van der Waals surface area contributed by atoms with E-state index in [2.05, 4.69) is 36.6 Å². The Kier molecular flexibility index (Phi) is 3.99. The Morgan fingerprint density at radius 3 is 2.43 bits per heavy atom. The molecule has 2 nitrogen and oxygen atoms in total. The molecule has 0 N–H and O–H groups in total. The van der Waals surface area contributed by atoms with E-state index in [0.29, 0.717) is 0 Å². The summed E-state index contributed by atoms with van der Waals surface area (Å²) in [6, 6.07) is 17.0. The van der Waals surface area contributed by atoms with Gasteiger partial charge in [0.2, 0.25) is 0 Å². The summed E-state index contributed by atoms with van der Waals surface area (Å²) in [5, 5.41) is 10.0. The van der Waals surface area contributed by atoms with Crippen molar-refractivity contribution in [3.05, 3.63) is 66.1 Å². The first-order valence-electron chi connectivity index (χ1n) is 7.58. The summed E-state index contributed by atoms with van der Waals surface area (Å²) in [5.41, 5.74) is 4.05. The summed E-state index contributed by atoms with van der Waals surface area (Å²) in [7, 11) is 0. The fourth-order valence-corrected chi connectivity index (χ4v) is 3.04. The Hall–Kier alpha value is -2.86. The molecule has 3 rings (SSSR count). The number of fused-ring (bicyclic) bond motifs is 1. The molecule has 114 valence electrons. The second-order valence-corrected chi connectivity index (χ2v) is 5.71. The van der Waals surface area contributed by atoms with Gasteiger partial charge in [-0.05, 0) is 43.7 Å². The molecule has 0 atom stereocenters. The van der Waals surface area contributed by atoms with Crippen LogP contribution in [0.25, 0.3) is 28.1 Å². The normalized spacial score (nSPS) is 11.4. The van der Waals surface area contributed by atoms with Gasteiger partial charge in [-0.25, -0.2) is 4.39 Å². The molecule has 1 aromatic heterocycles. The Labute approximate surface area is 135 Å². The monoisotopic (exact) mass is 304 g/mol. The van der Waals surface area contributed by atoms with Gasteiger partial charge in [-0.3, -0.25) is 0 Å². The third kappa shape index (κ3) is 2.64. The van der Waals surface area contributed by atoms with Gasteiger partial charge in [0.05, 0.1) is 11.8 Å². The number of para-hydroxylation sites is 1. The second-order valence-electron chi connectivity index (χ2n) is 5.71. The third-order valence-corrected chi connectivity index (χ3v) is 3.91. The predicted molar refractivity (Wildman–Crippen MR) is 92.4 cm³/mol. The van der Waals surface area contributed by atoms with Crippen LogP contribution in [0.1, 0.15) is 25.6 Å². The number of nitriles is 1. The zero-order valence-corrected chi connectivity index (χ0v) is 13.1. The average Bonchev–Trinajstić information content (AvgIpc) is 2.88. The van der Waals surface area contributed by atoms with Crippen molar-refractivity contribution in [3.8, 4) is 17.2 Å². The Balaban J connectivity index is 2.41. The lowest BCUT2D eigenvalue weighted by Gasteiger charge is -2.13. The molecule has 0 aliphatic rings. The first-order valence-corrected chi connectivity index (χ1v) is 7.58. The van der Waals surface area contributed by atoms with Crippen LogP contribution in [0.15, 0.2) is 54.6 Å². The van der Waals surface area contributed by atoms with Crippen molar-refractivity contribution in [2.24, 2.45) is 0 Å². The molecule has 0 bridgehead atoms. The van der Waals surface area contributed by atoms with Crippen molar-refractivity contribution < 1.29 is 4.39 Å². The van der Waals surface area contributed by atoms with E-state index in [0.717, 1.165) is 27.7 Å². The van der Waals surface area contributed by atoms with Crippen LogP contribution in [0.2, 0.25) is 0 Å². The van der Waals surface area contributed by atoms with Crippen LogP contribution in [0.5, 0.6) is 0 Å². The number of nitrogens with zero attached hydrogens (tertiary/aromatic N) is 2. The minimum Gasteiger partial charge on any atom is -0.338 e. The summed E-state index contributed by atoms with van der Waals surface area (Å²) in [4.78, 5) is 0. The summed E-state index contributed by atoms with van der Waals surface area (Å²) in [5.74, 6) is -0.254. The lowest BCUT2D eigenvalue weighted by atomic mass is 10.0. The number of hydrogen-bond donors (Lipinski definition) is 0. The van der Waals surface area contributed by atoms with Crippen LogP contribution in [0, 0.1) is 17.1 Å². The number of rotatable bonds is 3. The molecule has 2 aromatic carbocycles. The number of allylic oxidation sites excluding steroid dienone is 1. The van der Waals surface area contributed by atoms with Gasteiger partial charge < -0.3 is 4.57 Å². The Bertz CT molecular complexity index is 909. The van der Waals surface area contributed by atoms with Gasteiger partial charge in [0.15, 0.2) is 0 Å². The fraction of sp³-hybridized carbons (Fsp3) is 0.150. The average molecular weight is 304 g/mol. The number of hydrogen-bond acceptors (Lipinski definition) is 1. The Morgan fingerprint density at radius 1 is 1.09 bits per heavy atom. The molecule has 0 amide bonds. The highest BCUT2D eigenvalue weighted by atomic mass is 19.1. The maximum Gasteiger partial charge on any atom is 0.123 e. The minimum atomic E-state index is -0.254. The van der Waals surface area contributed by atoms with Gasteiger partial charge in [-0.2, -0.15) is 5.26 Å². The minimum absolute atomic E-state index is 0.243. The lowest BCUT2D eigenvalue weighted by Crippen LogP contribution is -2.02. The highest BCUT2D eigenvalue weighted by molar-refractivity contribution is 6.01. The van der Waals surface area contributed by atoms with Gasteiger partial charge >= 0.3 is 0 Å². The van der Waals surface area contributed by atoms with Crippen molar-refractivity contribution in [2.75, 3.05) is 0 Å². The number of aromatic nitrogens is 1. The number of halogens is 1. The van der Waals surface area contributed by atoms with Crippen LogP contribution in [-0.2, 0) is 0 Å². The van der Waals surface area contributed by atoms with E-state index in [-0.39, 0.29) is 11.9 Å². The van der Waals surface area contributed by atoms with E-state index in [1.807, 2.05) is 18.2 Å². The standard InChI is InChI=1S/C20H17FN2/c1-14(2)23-18-7-4-3-6-17(18)20(19(23)8-5-13-22)15-9-11-16(21)12-10-15/h3-12,14H,1-2H3. The van der Waals surface area contributed by atoms with E-state index >= 15 is 0 Å². The zero-order valence-electron chi connectivity index (χ0n) is 13.1. The Morgan fingerprint density at radius 2 is 1.78 bits per heavy atom. The zero-order chi connectivity index (χ0) is 16.4. The van der Waals surface area contributed by atoms with Crippen LogP contribution in [0.4, 0.5) is 4.39 Å². The summed E-state index contributed by atoms with van der Waals surface area (Å²) < 4.78 is 15.5. The van der Waals surface area contributed by atoms with Gasteiger partial charge in [0, 0.05) is 28.6 Å². The maximum atomic E-state index is 13.3. The third-order valence-electron chi connectivity index (χ3n) is 3.91. The molecule has 0 aliphatic heterocycles. The SMILES string of the molecule is CC(C)n1c(C=CC#N)c(-c2ccc(F)cc2)c2ccccc21. The van der Waals surface area contributed by atoms with Crippen molar-refractivity contribution in [2.45, 2.75) is 19.9 Å². The lowest BCUT2D eigenvalue weighted by molar-refractivity contribution is 0.619. The maximum absolute atomic E-state index is 13.3. The van der Waals surface area contributed by atoms with E-state index < -0.39 is 0 Å². The van der Waals surface area contributed by atoms with Crippen LogP contribution in [-0.4, -0.2) is 4.57 Å². The van der Waals surface area contributed by atoms with Crippen LogP contribution >= 0.6 is 0 Å². The summed E-state index contributed by atoms with van der Waals surface area (Å²) in [6.07, 6.45) is 3.32. The summed E-state index contributed by atoms with van der Waals surface area (Å²) in [6.45, 7) is 4.23. The molecule has 0 saturated carbocycles. The van der Waals surface area contributed by atoms with Gasteiger partial charge in [-0.1, -0.05) is 30.3 Å². The van der Waals surface area contributed by atoms with Gasteiger partial charge in [-0.15, -0.1) is 0 Å². The number of benzene rings is 2. The molecule has 0 radical (unpaired) electrons. The van der Waals surface area contributed by atoms with Gasteiger partial charge in [0.1, 0.15) is 5.82 Å². The van der Waals surface area contributed by atoms with Crippen LogP contribution < -0.4 is 0 Å². The van der Waals surface area contributed by atoms with E-state index in [1.54, 1.807) is 12.1 Å². The molecule has 0 spiro atoms. The molecule has 0 aliphatic carbocycles. The molecule has 3 aromatic rings. The molecule has 0 fully saturated rings. The molecule has 0 saturated heterocycles. The molecular weight excluding hydrogens is 287 g/mol. The molecule has 3 heteroatoms. The second kappa shape index (κ2) is 6.10. The predicted octanol–water partition coefficient (Wildman–Crippen LogP) is 5.57. The quantitative estimate of drug-likeness (QED) is 0.582. The van der Waals surface area contributed by atoms with E-state index in [1.165, 1.54) is 18.2 Å². The van der Waals surface area contributed by atoms with Crippen molar-refractivity contribution in [1.29, 1.82) is 5.26 Å². The molecule has 23 heavy (non-hydrogen) atoms. The molecule has 1 heterocycles. The van der Waals surface area contributed by atoms with Crippen molar-refractivity contribution >= 4 is 17.0 Å². The molecular formula is C20H17FN2. The van der Waals surface area contributed by atoms with Gasteiger partial charge in [0.25, 0.3) is 0 Å². The summed E-state index contributed by atoms with van der Waals surface area (Å²) >= 11 is 0. The van der Waals surface area contributed by atoms with Crippen molar-refractivity contribution in [3.63, 3.8) is 0 Å². The van der Waals surface area contributed by atoms with E-state index in [9.17, 15) is 4.39 Å². The van der Waals surface area contributed by atoms with Crippen LogP contribution in [0.3, 0.4) is 0 Å². The highest BCUT2D eigenvalue weighted by Gasteiger charge is 2.18. The van der Waals surface area contributed by atoms with Crippen molar-refractivity contribution in [1.82, 2.24) is 4.57 Å². The first-order chi connectivity index (χ1) is 11.1. The largest absolute Gasteiger partial charge is 0.338 e. The fourth-order valence-electron chi connectivity index (χ4n) is 3.04. The molecule has 0 unspecified atom stereocenters. The van der Waals surface area contributed by atoms with E-state index in [4.69, 9.17) is 5.26 Å².